The molecule has 1 aliphatic rings. The number of benzene rings is 2. The lowest BCUT2D eigenvalue weighted by Crippen LogP contribution is -2.25. The summed E-state index contributed by atoms with van der Waals surface area (Å²) in [5.41, 5.74) is 2.14. The largest absolute Gasteiger partial charge is 0.497 e. The monoisotopic (exact) mass is 365 g/mol. The summed E-state index contributed by atoms with van der Waals surface area (Å²) in [6.45, 7) is 1.51. The summed E-state index contributed by atoms with van der Waals surface area (Å²) in [4.78, 5) is 2.40. The fourth-order valence-corrected chi connectivity index (χ4v) is 3.06. The Morgan fingerprint density at radius 2 is 1.52 bits per heavy atom. The molecule has 140 valence electrons. The zero-order valence-corrected chi connectivity index (χ0v) is 15.6. The highest BCUT2D eigenvalue weighted by atomic mass is 16.5. The van der Waals surface area contributed by atoms with Crippen molar-refractivity contribution in [3.8, 4) is 23.0 Å². The highest BCUT2D eigenvalue weighted by Crippen LogP contribution is 2.30. The molecule has 0 amide bonds. The van der Waals surface area contributed by atoms with Crippen molar-refractivity contribution >= 4 is 0 Å². The molecule has 0 unspecified atom stereocenters. The van der Waals surface area contributed by atoms with E-state index in [2.05, 4.69) is 27.2 Å². The highest BCUT2D eigenvalue weighted by molar-refractivity contribution is 5.53. The van der Waals surface area contributed by atoms with Crippen LogP contribution in [0.15, 0.2) is 52.9 Å². The molecule has 1 saturated carbocycles. The number of hydrogen-bond donors (Lipinski definition) is 0. The molecule has 3 aromatic rings. The first kappa shape index (κ1) is 17.5. The van der Waals surface area contributed by atoms with E-state index in [4.69, 9.17) is 13.9 Å². The van der Waals surface area contributed by atoms with Crippen molar-refractivity contribution in [2.75, 3.05) is 14.2 Å². The van der Waals surface area contributed by atoms with Gasteiger partial charge in [0.2, 0.25) is 11.8 Å². The third-order valence-electron chi connectivity index (χ3n) is 4.75. The molecule has 4 rings (SSSR count). The molecule has 27 heavy (non-hydrogen) atoms. The molecule has 2 aromatic carbocycles. The van der Waals surface area contributed by atoms with Gasteiger partial charge in [0, 0.05) is 18.2 Å². The summed E-state index contributed by atoms with van der Waals surface area (Å²) < 4.78 is 16.3. The van der Waals surface area contributed by atoms with Crippen LogP contribution in [0.1, 0.15) is 24.3 Å². The van der Waals surface area contributed by atoms with Crippen LogP contribution in [-0.2, 0) is 13.1 Å². The first-order valence-electron chi connectivity index (χ1n) is 9.09. The maximum atomic E-state index is 5.90. The molecule has 0 atom stereocenters. The molecule has 0 bridgehead atoms. The van der Waals surface area contributed by atoms with Crippen molar-refractivity contribution < 1.29 is 13.9 Å². The van der Waals surface area contributed by atoms with Crippen molar-refractivity contribution in [1.82, 2.24) is 15.1 Å². The van der Waals surface area contributed by atoms with E-state index >= 15 is 0 Å². The fourth-order valence-electron chi connectivity index (χ4n) is 3.06. The topological polar surface area (TPSA) is 60.6 Å². The van der Waals surface area contributed by atoms with Gasteiger partial charge in [-0.2, -0.15) is 0 Å². The summed E-state index contributed by atoms with van der Waals surface area (Å²) in [5, 5.41) is 8.45. The minimum Gasteiger partial charge on any atom is -0.497 e. The first-order valence-corrected chi connectivity index (χ1v) is 9.09. The highest BCUT2D eigenvalue weighted by Gasteiger charge is 2.30. The molecule has 0 aliphatic heterocycles. The fraction of sp³-hybridized carbons (Fsp3) is 0.333. The van der Waals surface area contributed by atoms with Gasteiger partial charge in [0.25, 0.3) is 0 Å². The Labute approximate surface area is 158 Å². The predicted molar refractivity (Wildman–Crippen MR) is 102 cm³/mol. The third-order valence-corrected chi connectivity index (χ3v) is 4.75. The average molecular weight is 365 g/mol. The van der Waals surface area contributed by atoms with Gasteiger partial charge >= 0.3 is 0 Å². The van der Waals surface area contributed by atoms with Gasteiger partial charge in [-0.05, 0) is 54.8 Å². The Hall–Kier alpha value is -2.86. The molecular weight excluding hydrogens is 342 g/mol. The van der Waals surface area contributed by atoms with Crippen LogP contribution in [0.4, 0.5) is 0 Å². The van der Waals surface area contributed by atoms with E-state index in [9.17, 15) is 0 Å². The van der Waals surface area contributed by atoms with Gasteiger partial charge in [0.05, 0.1) is 20.8 Å². The molecule has 0 spiro atoms. The number of aromatic nitrogens is 2. The van der Waals surface area contributed by atoms with E-state index < -0.39 is 0 Å². The average Bonchev–Trinajstić information content (AvgIpc) is 3.47. The van der Waals surface area contributed by atoms with Crippen LogP contribution in [0, 0.1) is 0 Å². The maximum absolute atomic E-state index is 5.90. The molecular formula is C21H23N3O3. The number of methoxy groups -OCH3 is 2. The predicted octanol–water partition coefficient (Wildman–Crippen LogP) is 3.92. The molecule has 0 radical (unpaired) electrons. The third kappa shape index (κ3) is 4.28. The van der Waals surface area contributed by atoms with Gasteiger partial charge in [0.15, 0.2) is 0 Å². The number of hydrogen-bond acceptors (Lipinski definition) is 6. The van der Waals surface area contributed by atoms with E-state index in [1.54, 1.807) is 14.2 Å². The summed E-state index contributed by atoms with van der Waals surface area (Å²) in [6, 6.07) is 16.4. The molecule has 1 aromatic heterocycles. The van der Waals surface area contributed by atoms with Gasteiger partial charge < -0.3 is 13.9 Å². The molecule has 0 N–H and O–H groups in total. The minimum absolute atomic E-state index is 0.535. The van der Waals surface area contributed by atoms with Crippen molar-refractivity contribution in [3.05, 3.63) is 60.0 Å². The van der Waals surface area contributed by atoms with Crippen molar-refractivity contribution in [2.45, 2.75) is 32.0 Å². The van der Waals surface area contributed by atoms with Crippen LogP contribution in [0.2, 0.25) is 0 Å². The second-order valence-electron chi connectivity index (χ2n) is 6.71. The van der Waals surface area contributed by atoms with E-state index in [1.165, 1.54) is 18.4 Å². The summed E-state index contributed by atoms with van der Waals surface area (Å²) in [7, 11) is 3.33. The van der Waals surface area contributed by atoms with E-state index in [1.807, 2.05) is 36.4 Å². The van der Waals surface area contributed by atoms with Gasteiger partial charge in [-0.3, -0.25) is 4.90 Å². The van der Waals surface area contributed by atoms with Crippen molar-refractivity contribution in [3.63, 3.8) is 0 Å². The molecule has 6 heteroatoms. The Kier molecular flexibility index (Phi) is 5.07. The lowest BCUT2D eigenvalue weighted by molar-refractivity contribution is 0.221. The van der Waals surface area contributed by atoms with Gasteiger partial charge in [-0.25, -0.2) is 0 Å². The van der Waals surface area contributed by atoms with Crippen LogP contribution < -0.4 is 9.47 Å². The van der Waals surface area contributed by atoms with E-state index in [0.717, 1.165) is 23.6 Å². The SMILES string of the molecule is COc1ccc(CN(Cc2nnc(-c3ccc(OC)cc3)o2)C2CC2)cc1. The molecule has 0 saturated heterocycles. The Balaban J connectivity index is 1.45. The quantitative estimate of drug-likeness (QED) is 0.603. The van der Waals surface area contributed by atoms with Gasteiger partial charge in [0.1, 0.15) is 11.5 Å². The number of nitrogens with zero attached hydrogens (tertiary/aromatic N) is 3. The Morgan fingerprint density at radius 1 is 0.889 bits per heavy atom. The molecule has 6 nitrogen and oxygen atoms in total. The maximum Gasteiger partial charge on any atom is 0.247 e. The summed E-state index contributed by atoms with van der Waals surface area (Å²) in [6.07, 6.45) is 2.44. The standard InChI is InChI=1S/C21H23N3O3/c1-25-18-9-3-15(4-10-18)13-24(17-7-8-17)14-20-22-23-21(27-20)16-5-11-19(26-2)12-6-16/h3-6,9-12,17H,7-8,13-14H2,1-2H3. The summed E-state index contributed by atoms with van der Waals surface area (Å²) in [5.74, 6) is 2.85. The number of rotatable bonds is 8. The molecule has 1 aliphatic carbocycles. The van der Waals surface area contributed by atoms with Crippen LogP contribution in [0.3, 0.4) is 0 Å². The van der Waals surface area contributed by atoms with Crippen LogP contribution in [-0.4, -0.2) is 35.4 Å². The van der Waals surface area contributed by atoms with E-state index in [0.29, 0.717) is 24.4 Å². The van der Waals surface area contributed by atoms with Crippen LogP contribution in [0.5, 0.6) is 11.5 Å². The Bertz CT molecular complexity index is 870. The van der Waals surface area contributed by atoms with Crippen LogP contribution in [0.25, 0.3) is 11.5 Å². The second-order valence-corrected chi connectivity index (χ2v) is 6.71. The van der Waals surface area contributed by atoms with Crippen molar-refractivity contribution in [2.24, 2.45) is 0 Å². The van der Waals surface area contributed by atoms with Gasteiger partial charge in [-0.15, -0.1) is 10.2 Å². The zero-order valence-electron chi connectivity index (χ0n) is 15.6. The number of ether oxygens (including phenoxy) is 2. The minimum atomic E-state index is 0.535. The lowest BCUT2D eigenvalue weighted by Gasteiger charge is -2.20. The van der Waals surface area contributed by atoms with Crippen LogP contribution >= 0.6 is 0 Å². The van der Waals surface area contributed by atoms with Gasteiger partial charge in [-0.1, -0.05) is 12.1 Å². The summed E-state index contributed by atoms with van der Waals surface area (Å²) >= 11 is 0. The molecule has 1 fully saturated rings. The molecule has 1 heterocycles. The van der Waals surface area contributed by atoms with E-state index in [-0.39, 0.29) is 0 Å². The van der Waals surface area contributed by atoms with Crippen molar-refractivity contribution in [1.29, 1.82) is 0 Å². The first-order chi connectivity index (χ1) is 13.2. The lowest BCUT2D eigenvalue weighted by atomic mass is 10.2. The second kappa shape index (κ2) is 7.80. The smallest absolute Gasteiger partial charge is 0.247 e. The normalized spacial score (nSPS) is 13.7. The zero-order chi connectivity index (χ0) is 18.6. The Morgan fingerprint density at radius 3 is 2.11 bits per heavy atom.